The van der Waals surface area contributed by atoms with E-state index in [4.69, 9.17) is 0 Å². The lowest BCUT2D eigenvalue weighted by molar-refractivity contribution is -0.115. The van der Waals surface area contributed by atoms with Crippen LogP contribution < -0.4 is 10.2 Å². The van der Waals surface area contributed by atoms with Crippen LogP contribution in [0.25, 0.3) is 0 Å². The lowest BCUT2D eigenvalue weighted by Gasteiger charge is -2.25. The van der Waals surface area contributed by atoms with Gasteiger partial charge in [0.1, 0.15) is 0 Å². The standard InChI is InChI=1S/C30H26N2O2S/c1-21-10-12-24(13-11-21)30(34)31-25-16-18-26(19-17-25)35-20-29(33)32-27-8-4-2-6-22(27)14-15-23-7-3-5-9-28(23)32/h2-13,16-19H,14-15,20H2,1H3,(H,31,34). The maximum Gasteiger partial charge on any atom is 0.255 e. The Hall–Kier alpha value is -3.83. The number of nitrogens with zero attached hydrogens (tertiary/aromatic N) is 1. The van der Waals surface area contributed by atoms with Crippen LogP contribution in [0.5, 0.6) is 0 Å². The van der Waals surface area contributed by atoms with Crippen LogP contribution in [0.15, 0.2) is 102 Å². The molecule has 0 atom stereocenters. The molecule has 0 saturated heterocycles. The maximum atomic E-state index is 13.5. The second-order valence-electron chi connectivity index (χ2n) is 8.62. The molecule has 0 bridgehead atoms. The zero-order chi connectivity index (χ0) is 24.2. The van der Waals surface area contributed by atoms with E-state index < -0.39 is 0 Å². The fraction of sp³-hybridized carbons (Fsp3) is 0.133. The highest BCUT2D eigenvalue weighted by molar-refractivity contribution is 8.00. The highest BCUT2D eigenvalue weighted by Crippen LogP contribution is 2.36. The molecule has 2 amide bonds. The summed E-state index contributed by atoms with van der Waals surface area (Å²) in [4.78, 5) is 28.8. The fourth-order valence-electron chi connectivity index (χ4n) is 4.30. The molecule has 0 aromatic heterocycles. The molecule has 0 saturated carbocycles. The summed E-state index contributed by atoms with van der Waals surface area (Å²) >= 11 is 1.50. The van der Waals surface area contributed by atoms with Crippen LogP contribution >= 0.6 is 11.8 Å². The zero-order valence-corrected chi connectivity index (χ0v) is 20.3. The normalized spacial score (nSPS) is 12.3. The Bertz CT molecular complexity index is 1320. The van der Waals surface area contributed by atoms with Crippen molar-refractivity contribution in [3.8, 4) is 0 Å². The molecule has 1 N–H and O–H groups in total. The fourth-order valence-corrected chi connectivity index (χ4v) is 5.05. The summed E-state index contributed by atoms with van der Waals surface area (Å²) in [7, 11) is 0. The summed E-state index contributed by atoms with van der Waals surface area (Å²) in [6, 6.07) is 31.4. The Morgan fingerprint density at radius 1 is 0.771 bits per heavy atom. The number of rotatable bonds is 5. The van der Waals surface area contributed by atoms with Crippen molar-refractivity contribution in [2.24, 2.45) is 0 Å². The number of carbonyl (C=O) groups is 2. The van der Waals surface area contributed by atoms with Gasteiger partial charge in [-0.1, -0.05) is 54.1 Å². The van der Waals surface area contributed by atoms with Crippen LogP contribution in [-0.2, 0) is 17.6 Å². The van der Waals surface area contributed by atoms with Crippen LogP contribution in [-0.4, -0.2) is 17.6 Å². The Balaban J connectivity index is 1.28. The van der Waals surface area contributed by atoms with Gasteiger partial charge in [0.05, 0.1) is 17.1 Å². The number of hydrogen-bond acceptors (Lipinski definition) is 3. The number of aryl methyl sites for hydroxylation is 3. The van der Waals surface area contributed by atoms with Gasteiger partial charge in [-0.3, -0.25) is 14.5 Å². The van der Waals surface area contributed by atoms with Gasteiger partial charge in [0.25, 0.3) is 5.91 Å². The van der Waals surface area contributed by atoms with Crippen LogP contribution in [0.1, 0.15) is 27.0 Å². The maximum absolute atomic E-state index is 13.5. The lowest BCUT2D eigenvalue weighted by atomic mass is 10.0. The van der Waals surface area contributed by atoms with Crippen LogP contribution in [0.3, 0.4) is 0 Å². The van der Waals surface area contributed by atoms with Gasteiger partial charge in [0.15, 0.2) is 0 Å². The van der Waals surface area contributed by atoms with Crippen molar-refractivity contribution < 1.29 is 9.59 Å². The summed E-state index contributed by atoms with van der Waals surface area (Å²) in [5.41, 5.74) is 6.78. The number of thioether (sulfide) groups is 1. The number of nitrogens with one attached hydrogen (secondary N) is 1. The molecule has 174 valence electrons. The number of hydrogen-bond donors (Lipinski definition) is 1. The lowest BCUT2D eigenvalue weighted by Crippen LogP contribution is -2.28. The van der Waals surface area contributed by atoms with Gasteiger partial charge in [-0.25, -0.2) is 0 Å². The van der Waals surface area contributed by atoms with E-state index in [0.717, 1.165) is 40.4 Å². The third-order valence-corrected chi connectivity index (χ3v) is 7.16. The van der Waals surface area contributed by atoms with Gasteiger partial charge in [-0.15, -0.1) is 11.8 Å². The van der Waals surface area contributed by atoms with Gasteiger partial charge < -0.3 is 5.32 Å². The molecule has 0 radical (unpaired) electrons. The highest BCUT2D eigenvalue weighted by Gasteiger charge is 2.25. The van der Waals surface area contributed by atoms with Crippen molar-refractivity contribution >= 4 is 40.6 Å². The summed E-state index contributed by atoms with van der Waals surface area (Å²) in [5, 5.41) is 2.93. The number of para-hydroxylation sites is 2. The average molecular weight is 479 g/mol. The first-order valence-corrected chi connectivity index (χ1v) is 12.7. The first kappa shape index (κ1) is 22.9. The SMILES string of the molecule is Cc1ccc(C(=O)Nc2ccc(SCC(=O)N3c4ccccc4CCc4ccccc43)cc2)cc1. The van der Waals surface area contributed by atoms with Gasteiger partial charge in [-0.2, -0.15) is 0 Å². The van der Waals surface area contributed by atoms with Crippen molar-refractivity contribution in [2.75, 3.05) is 16.0 Å². The Kier molecular flexibility index (Phi) is 6.68. The monoisotopic (exact) mass is 478 g/mol. The Morgan fingerprint density at radius 2 is 1.34 bits per heavy atom. The number of carbonyl (C=O) groups excluding carboxylic acids is 2. The van der Waals surface area contributed by atoms with E-state index in [2.05, 4.69) is 17.4 Å². The topological polar surface area (TPSA) is 49.4 Å². The van der Waals surface area contributed by atoms with Crippen molar-refractivity contribution in [1.82, 2.24) is 0 Å². The molecule has 0 unspecified atom stereocenters. The van der Waals surface area contributed by atoms with E-state index in [1.54, 1.807) is 0 Å². The van der Waals surface area contributed by atoms with E-state index in [1.165, 1.54) is 22.9 Å². The van der Waals surface area contributed by atoms with Gasteiger partial charge in [0.2, 0.25) is 5.91 Å². The van der Waals surface area contributed by atoms with Crippen LogP contribution in [0.2, 0.25) is 0 Å². The smallest absolute Gasteiger partial charge is 0.255 e. The second-order valence-corrected chi connectivity index (χ2v) is 9.67. The zero-order valence-electron chi connectivity index (χ0n) is 19.5. The first-order chi connectivity index (χ1) is 17.1. The largest absolute Gasteiger partial charge is 0.322 e. The molecule has 4 aromatic carbocycles. The summed E-state index contributed by atoms with van der Waals surface area (Å²) in [5.74, 6) is 0.227. The van der Waals surface area contributed by atoms with Crippen LogP contribution in [0, 0.1) is 6.92 Å². The van der Waals surface area contributed by atoms with Crippen LogP contribution in [0.4, 0.5) is 17.1 Å². The third-order valence-electron chi connectivity index (χ3n) is 6.17. The van der Waals surface area contributed by atoms with E-state index in [0.29, 0.717) is 11.3 Å². The molecule has 35 heavy (non-hydrogen) atoms. The number of fused-ring (bicyclic) bond motifs is 2. The molecule has 0 aliphatic carbocycles. The Labute approximate surface area is 210 Å². The van der Waals surface area contributed by atoms with Gasteiger partial charge in [0, 0.05) is 16.1 Å². The average Bonchev–Trinajstić information content (AvgIpc) is 3.05. The summed E-state index contributed by atoms with van der Waals surface area (Å²) in [6.45, 7) is 1.99. The predicted octanol–water partition coefficient (Wildman–Crippen LogP) is 6.80. The number of benzene rings is 4. The summed E-state index contributed by atoms with van der Waals surface area (Å²) < 4.78 is 0. The van der Waals surface area contributed by atoms with Crippen molar-refractivity contribution in [3.05, 3.63) is 119 Å². The number of amides is 2. The minimum atomic E-state index is -0.140. The highest BCUT2D eigenvalue weighted by atomic mass is 32.2. The molecular formula is C30H26N2O2S. The van der Waals surface area contributed by atoms with Gasteiger partial charge in [-0.05, 0) is 79.4 Å². The van der Waals surface area contributed by atoms with E-state index in [9.17, 15) is 9.59 Å². The van der Waals surface area contributed by atoms with Gasteiger partial charge >= 0.3 is 0 Å². The first-order valence-electron chi connectivity index (χ1n) is 11.7. The molecule has 1 aliphatic rings. The van der Waals surface area contributed by atoms with Crippen molar-refractivity contribution in [2.45, 2.75) is 24.7 Å². The predicted molar refractivity (Wildman–Crippen MR) is 144 cm³/mol. The molecule has 0 spiro atoms. The van der Waals surface area contributed by atoms with Crippen molar-refractivity contribution in [3.63, 3.8) is 0 Å². The van der Waals surface area contributed by atoms with E-state index in [-0.39, 0.29) is 11.8 Å². The third kappa shape index (κ3) is 5.15. The minimum absolute atomic E-state index is 0.0496. The molecular weight excluding hydrogens is 452 g/mol. The Morgan fingerprint density at radius 3 is 1.94 bits per heavy atom. The minimum Gasteiger partial charge on any atom is -0.322 e. The molecule has 0 fully saturated rings. The molecule has 5 heteroatoms. The number of anilines is 3. The molecule has 1 heterocycles. The molecule has 5 rings (SSSR count). The quantitative estimate of drug-likeness (QED) is 0.321. The summed E-state index contributed by atoms with van der Waals surface area (Å²) in [6.07, 6.45) is 1.83. The molecule has 4 aromatic rings. The van der Waals surface area contributed by atoms with E-state index in [1.807, 2.05) is 96.8 Å². The second kappa shape index (κ2) is 10.2. The van der Waals surface area contributed by atoms with E-state index >= 15 is 0 Å². The van der Waals surface area contributed by atoms with Crippen molar-refractivity contribution in [1.29, 1.82) is 0 Å². The molecule has 4 nitrogen and oxygen atoms in total. The molecule has 1 aliphatic heterocycles.